The Balaban J connectivity index is 2.36. The molecule has 1 saturated heterocycles. The van der Waals surface area contributed by atoms with Crippen molar-refractivity contribution in [3.05, 3.63) is 0 Å². The number of ether oxygens (including phenoxy) is 1. The molecule has 1 fully saturated rings. The van der Waals surface area contributed by atoms with E-state index >= 15 is 0 Å². The normalized spacial score (nSPS) is 22.8. The molecule has 0 aromatic carbocycles. The van der Waals surface area contributed by atoms with Crippen LogP contribution in [-0.2, 0) is 9.53 Å². The molecule has 2 N–H and O–H groups in total. The lowest BCUT2D eigenvalue weighted by molar-refractivity contribution is -0.144. The third-order valence-electron chi connectivity index (χ3n) is 2.30. The Labute approximate surface area is 79.0 Å². The Hall–Kier alpha value is -0.610. The maximum atomic E-state index is 11.6. The van der Waals surface area contributed by atoms with Gasteiger partial charge < -0.3 is 15.4 Å². The summed E-state index contributed by atoms with van der Waals surface area (Å²) < 4.78 is 5.38. The number of carbonyl (C=O) groups is 1. The van der Waals surface area contributed by atoms with Gasteiger partial charge in [-0.05, 0) is 19.3 Å². The van der Waals surface area contributed by atoms with Crippen LogP contribution in [0.4, 0.5) is 0 Å². The standard InChI is InChI=1S/C9H18N2O2/c1-11(6-5-10)9(12)8-4-2-3-7-13-8/h8H,2-7,10H2,1H3. The summed E-state index contributed by atoms with van der Waals surface area (Å²) in [4.78, 5) is 13.3. The molecule has 0 aromatic heterocycles. The summed E-state index contributed by atoms with van der Waals surface area (Å²) in [6.45, 7) is 1.83. The second-order valence-corrected chi connectivity index (χ2v) is 3.40. The van der Waals surface area contributed by atoms with Crippen LogP contribution in [0.3, 0.4) is 0 Å². The van der Waals surface area contributed by atoms with E-state index in [4.69, 9.17) is 10.5 Å². The van der Waals surface area contributed by atoms with E-state index in [1.54, 1.807) is 11.9 Å². The fraction of sp³-hybridized carbons (Fsp3) is 0.889. The van der Waals surface area contributed by atoms with Crippen LogP contribution >= 0.6 is 0 Å². The van der Waals surface area contributed by atoms with E-state index in [1.165, 1.54) is 0 Å². The van der Waals surface area contributed by atoms with Crippen LogP contribution in [0.2, 0.25) is 0 Å². The van der Waals surface area contributed by atoms with Crippen molar-refractivity contribution >= 4 is 5.91 Å². The minimum atomic E-state index is -0.217. The molecule has 0 aromatic rings. The molecule has 4 heteroatoms. The number of likely N-dealkylation sites (N-methyl/N-ethyl adjacent to an activating group) is 1. The van der Waals surface area contributed by atoms with Crippen molar-refractivity contribution in [2.45, 2.75) is 25.4 Å². The summed E-state index contributed by atoms with van der Waals surface area (Å²) in [6.07, 6.45) is 2.80. The fourth-order valence-electron chi connectivity index (χ4n) is 1.49. The molecule has 1 aliphatic heterocycles. The molecule has 0 saturated carbocycles. The Morgan fingerprint density at radius 1 is 1.62 bits per heavy atom. The molecule has 1 heterocycles. The Morgan fingerprint density at radius 3 is 2.92 bits per heavy atom. The second-order valence-electron chi connectivity index (χ2n) is 3.40. The summed E-state index contributed by atoms with van der Waals surface area (Å²) in [5.41, 5.74) is 5.36. The van der Waals surface area contributed by atoms with Crippen LogP contribution in [-0.4, -0.2) is 43.7 Å². The predicted octanol–water partition coefficient (Wildman–Crippen LogP) is -0.0274. The van der Waals surface area contributed by atoms with E-state index in [9.17, 15) is 4.79 Å². The number of nitrogens with two attached hydrogens (primary N) is 1. The number of rotatable bonds is 3. The van der Waals surface area contributed by atoms with E-state index in [1.807, 2.05) is 0 Å². The molecule has 1 atom stereocenters. The first kappa shape index (κ1) is 10.5. The van der Waals surface area contributed by atoms with Gasteiger partial charge in [0.25, 0.3) is 5.91 Å². The summed E-state index contributed by atoms with van der Waals surface area (Å²) in [7, 11) is 1.77. The van der Waals surface area contributed by atoms with Gasteiger partial charge in [-0.15, -0.1) is 0 Å². The highest BCUT2D eigenvalue weighted by molar-refractivity contribution is 5.80. The van der Waals surface area contributed by atoms with Crippen molar-refractivity contribution in [2.24, 2.45) is 5.73 Å². The Kier molecular flexibility index (Phi) is 4.18. The van der Waals surface area contributed by atoms with Crippen molar-refractivity contribution in [3.63, 3.8) is 0 Å². The number of amides is 1. The van der Waals surface area contributed by atoms with Gasteiger partial charge in [0.2, 0.25) is 0 Å². The highest BCUT2D eigenvalue weighted by Gasteiger charge is 2.24. The smallest absolute Gasteiger partial charge is 0.251 e. The molecule has 1 unspecified atom stereocenters. The maximum absolute atomic E-state index is 11.6. The number of carbonyl (C=O) groups excluding carboxylic acids is 1. The van der Waals surface area contributed by atoms with Crippen LogP contribution in [0.1, 0.15) is 19.3 Å². The lowest BCUT2D eigenvalue weighted by atomic mass is 10.1. The zero-order chi connectivity index (χ0) is 9.68. The van der Waals surface area contributed by atoms with E-state index in [-0.39, 0.29) is 12.0 Å². The maximum Gasteiger partial charge on any atom is 0.251 e. The molecule has 4 nitrogen and oxygen atoms in total. The molecule has 0 radical (unpaired) electrons. The highest BCUT2D eigenvalue weighted by Crippen LogP contribution is 2.14. The third kappa shape index (κ3) is 2.97. The quantitative estimate of drug-likeness (QED) is 0.673. The average Bonchev–Trinajstić information content (AvgIpc) is 2.18. The van der Waals surface area contributed by atoms with Crippen molar-refractivity contribution in [1.82, 2.24) is 4.90 Å². The lowest BCUT2D eigenvalue weighted by Gasteiger charge is -2.26. The van der Waals surface area contributed by atoms with E-state index in [2.05, 4.69) is 0 Å². The molecule has 0 bridgehead atoms. The summed E-state index contributed by atoms with van der Waals surface area (Å²) in [5, 5.41) is 0. The highest BCUT2D eigenvalue weighted by atomic mass is 16.5. The minimum Gasteiger partial charge on any atom is -0.368 e. The summed E-state index contributed by atoms with van der Waals surface area (Å²) in [6, 6.07) is 0. The third-order valence-corrected chi connectivity index (χ3v) is 2.30. The number of nitrogens with zero attached hydrogens (tertiary/aromatic N) is 1. The molecular weight excluding hydrogens is 168 g/mol. The summed E-state index contributed by atoms with van der Waals surface area (Å²) in [5.74, 6) is 0.0742. The average molecular weight is 186 g/mol. The second kappa shape index (κ2) is 5.19. The van der Waals surface area contributed by atoms with Gasteiger partial charge in [0.05, 0.1) is 0 Å². The molecule has 13 heavy (non-hydrogen) atoms. The number of hydrogen-bond donors (Lipinski definition) is 1. The SMILES string of the molecule is CN(CCN)C(=O)C1CCCCO1. The number of hydrogen-bond acceptors (Lipinski definition) is 3. The predicted molar refractivity (Wildman–Crippen MR) is 50.3 cm³/mol. The van der Waals surface area contributed by atoms with Gasteiger partial charge in [-0.1, -0.05) is 0 Å². The minimum absolute atomic E-state index is 0.0742. The van der Waals surface area contributed by atoms with Crippen molar-refractivity contribution in [3.8, 4) is 0 Å². The first-order valence-corrected chi connectivity index (χ1v) is 4.82. The van der Waals surface area contributed by atoms with Gasteiger partial charge in [-0.25, -0.2) is 0 Å². The van der Waals surface area contributed by atoms with Crippen LogP contribution < -0.4 is 5.73 Å². The zero-order valence-electron chi connectivity index (χ0n) is 8.16. The molecule has 0 spiro atoms. The topological polar surface area (TPSA) is 55.6 Å². The van der Waals surface area contributed by atoms with Crippen molar-refractivity contribution in [2.75, 3.05) is 26.7 Å². The van der Waals surface area contributed by atoms with Gasteiger partial charge in [-0.2, -0.15) is 0 Å². The van der Waals surface area contributed by atoms with Gasteiger partial charge in [0.1, 0.15) is 6.10 Å². The first-order chi connectivity index (χ1) is 6.25. The van der Waals surface area contributed by atoms with Gasteiger partial charge in [0, 0.05) is 26.7 Å². The van der Waals surface area contributed by atoms with Crippen molar-refractivity contribution < 1.29 is 9.53 Å². The molecule has 0 aliphatic carbocycles. The van der Waals surface area contributed by atoms with Crippen molar-refractivity contribution in [1.29, 1.82) is 0 Å². The van der Waals surface area contributed by atoms with Crippen LogP contribution in [0.5, 0.6) is 0 Å². The van der Waals surface area contributed by atoms with E-state index in [0.29, 0.717) is 19.7 Å². The molecular formula is C9H18N2O2. The summed E-state index contributed by atoms with van der Waals surface area (Å²) >= 11 is 0. The molecule has 1 aliphatic rings. The lowest BCUT2D eigenvalue weighted by Crippen LogP contribution is -2.41. The fourth-order valence-corrected chi connectivity index (χ4v) is 1.49. The molecule has 76 valence electrons. The van der Waals surface area contributed by atoms with Gasteiger partial charge in [0.15, 0.2) is 0 Å². The molecule has 1 amide bonds. The van der Waals surface area contributed by atoms with Gasteiger partial charge >= 0.3 is 0 Å². The zero-order valence-corrected chi connectivity index (χ0v) is 8.16. The largest absolute Gasteiger partial charge is 0.368 e. The van der Waals surface area contributed by atoms with Crippen LogP contribution in [0.15, 0.2) is 0 Å². The molecule has 1 rings (SSSR count). The van der Waals surface area contributed by atoms with E-state index in [0.717, 1.165) is 19.3 Å². The first-order valence-electron chi connectivity index (χ1n) is 4.82. The van der Waals surface area contributed by atoms with Crippen LogP contribution in [0, 0.1) is 0 Å². The Bertz CT molecular complexity index is 167. The Morgan fingerprint density at radius 2 is 2.38 bits per heavy atom. The van der Waals surface area contributed by atoms with Gasteiger partial charge in [-0.3, -0.25) is 4.79 Å². The van der Waals surface area contributed by atoms with Crippen LogP contribution in [0.25, 0.3) is 0 Å². The van der Waals surface area contributed by atoms with E-state index < -0.39 is 0 Å². The monoisotopic (exact) mass is 186 g/mol.